The number of halogens is 2. The maximum Gasteiger partial charge on any atom is 0.303 e. The summed E-state index contributed by atoms with van der Waals surface area (Å²) in [7, 11) is 0. The van der Waals surface area contributed by atoms with E-state index in [0.717, 1.165) is 16.0 Å². The molecule has 0 unspecified atom stereocenters. The molecule has 0 radical (unpaired) electrons. The predicted molar refractivity (Wildman–Crippen MR) is 139 cm³/mol. The largest absolute Gasteiger partial charge is 0.481 e. The van der Waals surface area contributed by atoms with Crippen LogP contribution in [0.2, 0.25) is 5.02 Å². The van der Waals surface area contributed by atoms with Crippen molar-refractivity contribution in [2.24, 2.45) is 5.10 Å². The first-order chi connectivity index (χ1) is 17.8. The molecule has 1 aliphatic rings. The molecule has 0 saturated carbocycles. The normalized spacial score (nSPS) is 15.1. The van der Waals surface area contributed by atoms with Crippen LogP contribution in [-0.2, 0) is 9.59 Å². The van der Waals surface area contributed by atoms with Crippen molar-refractivity contribution in [1.82, 2.24) is 9.99 Å². The summed E-state index contributed by atoms with van der Waals surface area (Å²) in [5.41, 5.74) is 2.35. The van der Waals surface area contributed by atoms with Gasteiger partial charge in [-0.1, -0.05) is 60.1 Å². The topological polar surface area (TPSA) is 103 Å². The lowest BCUT2D eigenvalue weighted by Gasteiger charge is -2.22. The Balaban J connectivity index is 1.70. The number of nitrogens with zero attached hydrogens (tertiary/aromatic N) is 2. The minimum atomic E-state index is -1.13. The van der Waals surface area contributed by atoms with E-state index in [1.54, 1.807) is 48.5 Å². The van der Waals surface area contributed by atoms with Gasteiger partial charge < -0.3 is 10.1 Å². The van der Waals surface area contributed by atoms with E-state index in [0.29, 0.717) is 21.8 Å². The van der Waals surface area contributed by atoms with Crippen molar-refractivity contribution in [2.75, 3.05) is 0 Å². The van der Waals surface area contributed by atoms with Gasteiger partial charge in [-0.15, -0.1) is 0 Å². The monoisotopic (exact) mass is 517 g/mol. The van der Waals surface area contributed by atoms with E-state index >= 15 is 0 Å². The summed E-state index contributed by atoms with van der Waals surface area (Å²) >= 11 is 6.11. The van der Waals surface area contributed by atoms with Gasteiger partial charge >= 0.3 is 5.97 Å². The van der Waals surface area contributed by atoms with Crippen molar-refractivity contribution in [1.29, 1.82) is 0 Å². The number of hydrogen-bond acceptors (Lipinski definition) is 4. The number of carboxylic acid groups (broad SMARTS) is 1. The van der Waals surface area contributed by atoms with Crippen molar-refractivity contribution in [3.63, 3.8) is 0 Å². The molecule has 0 saturated heterocycles. The van der Waals surface area contributed by atoms with Crippen molar-refractivity contribution in [3.05, 3.63) is 105 Å². The van der Waals surface area contributed by atoms with Gasteiger partial charge in [-0.25, -0.2) is 9.40 Å². The number of pyridine rings is 1. The fraction of sp³-hybridized carbons (Fsp3) is 0.143. The molecular formula is C28H21ClFN3O4. The Bertz CT molecular complexity index is 1610. The molecule has 3 aromatic carbocycles. The van der Waals surface area contributed by atoms with Crippen molar-refractivity contribution >= 4 is 40.1 Å². The average Bonchev–Trinajstić information content (AvgIpc) is 3.32. The number of para-hydroxylation sites is 1. The molecule has 1 aromatic heterocycles. The number of aromatic nitrogens is 1. The number of hydrazone groups is 1. The molecule has 0 spiro atoms. The zero-order valence-corrected chi connectivity index (χ0v) is 20.2. The molecule has 37 heavy (non-hydrogen) atoms. The zero-order chi connectivity index (χ0) is 26.1. The highest BCUT2D eigenvalue weighted by molar-refractivity contribution is 6.30. The summed E-state index contributed by atoms with van der Waals surface area (Å²) in [6.07, 6.45) is -0.631. The molecule has 1 amide bonds. The number of fused-ring (bicyclic) bond motifs is 1. The Morgan fingerprint density at radius 3 is 2.43 bits per heavy atom. The molecule has 2 heterocycles. The number of aliphatic carboxylic acids is 1. The van der Waals surface area contributed by atoms with Crippen LogP contribution in [0.5, 0.6) is 0 Å². The third-order valence-electron chi connectivity index (χ3n) is 6.33. The highest BCUT2D eigenvalue weighted by Gasteiger charge is 2.36. The summed E-state index contributed by atoms with van der Waals surface area (Å²) in [4.78, 5) is 40.5. The molecule has 5 rings (SSSR count). The number of carbonyl (C=O) groups excluding carboxylic acids is 1. The zero-order valence-electron chi connectivity index (χ0n) is 19.4. The third kappa shape index (κ3) is 4.75. The Morgan fingerprint density at radius 2 is 1.70 bits per heavy atom. The van der Waals surface area contributed by atoms with Gasteiger partial charge in [0.25, 0.3) is 5.56 Å². The molecule has 1 aliphatic heterocycles. The van der Waals surface area contributed by atoms with Crippen molar-refractivity contribution in [2.45, 2.75) is 25.3 Å². The number of nitrogens with one attached hydrogen (secondary N) is 1. The number of benzene rings is 3. The van der Waals surface area contributed by atoms with Crippen LogP contribution < -0.4 is 5.56 Å². The van der Waals surface area contributed by atoms with Gasteiger partial charge in [0, 0.05) is 39.9 Å². The number of H-pyrrole nitrogens is 1. The number of amides is 1. The number of carbonyl (C=O) groups is 2. The number of rotatable bonds is 6. The Labute approximate surface area is 215 Å². The summed E-state index contributed by atoms with van der Waals surface area (Å²) in [5, 5.41) is 16.0. The van der Waals surface area contributed by atoms with Crippen LogP contribution in [0, 0.1) is 5.82 Å². The summed E-state index contributed by atoms with van der Waals surface area (Å²) in [5.74, 6) is -2.23. The standard InChI is InChI=1S/C28H21ClFN3O4/c29-17-11-9-16(10-12-17)26-19-6-2-4-8-21(19)31-28(37)27(26)22-15-23(18-5-1-3-7-20(18)30)33(32-22)24(34)13-14-25(35)36/h1-12,23H,13-15H2,(H,31,37)(H,35,36)/t23-/m1/s1. The first-order valence-corrected chi connectivity index (χ1v) is 12.0. The average molecular weight is 518 g/mol. The lowest BCUT2D eigenvalue weighted by Crippen LogP contribution is -2.28. The summed E-state index contributed by atoms with van der Waals surface area (Å²) < 4.78 is 14.8. The van der Waals surface area contributed by atoms with E-state index in [1.807, 2.05) is 18.2 Å². The fourth-order valence-electron chi connectivity index (χ4n) is 4.64. The quantitative estimate of drug-likeness (QED) is 0.351. The number of aromatic amines is 1. The van der Waals surface area contributed by atoms with E-state index in [-0.39, 0.29) is 24.0 Å². The van der Waals surface area contributed by atoms with Gasteiger partial charge in [0.1, 0.15) is 5.82 Å². The third-order valence-corrected chi connectivity index (χ3v) is 6.58. The molecule has 9 heteroatoms. The molecule has 186 valence electrons. The lowest BCUT2D eigenvalue weighted by molar-refractivity contribution is -0.141. The van der Waals surface area contributed by atoms with Crippen LogP contribution in [0.15, 0.2) is 82.7 Å². The molecule has 0 aliphatic carbocycles. The second-order valence-electron chi connectivity index (χ2n) is 8.68. The van der Waals surface area contributed by atoms with Gasteiger partial charge in [0.2, 0.25) is 5.91 Å². The van der Waals surface area contributed by atoms with E-state index in [9.17, 15) is 18.8 Å². The molecule has 4 aromatic rings. The number of carboxylic acids is 1. The Kier molecular flexibility index (Phi) is 6.58. The van der Waals surface area contributed by atoms with Gasteiger partial charge in [-0.3, -0.25) is 14.4 Å². The van der Waals surface area contributed by atoms with Crippen LogP contribution in [0.25, 0.3) is 22.0 Å². The summed E-state index contributed by atoms with van der Waals surface area (Å²) in [6.45, 7) is 0. The van der Waals surface area contributed by atoms with Crippen molar-refractivity contribution < 1.29 is 19.1 Å². The summed E-state index contributed by atoms with van der Waals surface area (Å²) in [6, 6.07) is 19.6. The highest BCUT2D eigenvalue weighted by Crippen LogP contribution is 2.38. The molecule has 0 bridgehead atoms. The molecule has 0 fully saturated rings. The SMILES string of the molecule is O=C(O)CCC(=O)N1N=C(c2c(-c3ccc(Cl)cc3)c3ccccc3[nH]c2=O)C[C@@H]1c1ccccc1F. The van der Waals surface area contributed by atoms with E-state index in [2.05, 4.69) is 10.1 Å². The van der Waals surface area contributed by atoms with Crippen LogP contribution in [0.1, 0.15) is 36.4 Å². The van der Waals surface area contributed by atoms with Crippen LogP contribution in [-0.4, -0.2) is 32.7 Å². The lowest BCUT2D eigenvalue weighted by atomic mass is 9.91. The van der Waals surface area contributed by atoms with Crippen molar-refractivity contribution in [3.8, 4) is 11.1 Å². The van der Waals surface area contributed by atoms with Crippen LogP contribution >= 0.6 is 11.6 Å². The smallest absolute Gasteiger partial charge is 0.303 e. The molecule has 2 N–H and O–H groups in total. The minimum absolute atomic E-state index is 0.0712. The van der Waals surface area contributed by atoms with Gasteiger partial charge in [0.15, 0.2) is 0 Å². The molecule has 7 nitrogen and oxygen atoms in total. The first kappa shape index (κ1) is 24.4. The second-order valence-corrected chi connectivity index (χ2v) is 9.11. The van der Waals surface area contributed by atoms with E-state index in [4.69, 9.17) is 16.7 Å². The maximum absolute atomic E-state index is 14.8. The molecule has 1 atom stereocenters. The predicted octanol–water partition coefficient (Wildman–Crippen LogP) is 5.53. The minimum Gasteiger partial charge on any atom is -0.481 e. The Hall–Kier alpha value is -4.30. The van der Waals surface area contributed by atoms with E-state index < -0.39 is 35.7 Å². The highest BCUT2D eigenvalue weighted by atomic mass is 35.5. The fourth-order valence-corrected chi connectivity index (χ4v) is 4.77. The number of hydrogen-bond donors (Lipinski definition) is 2. The van der Waals surface area contributed by atoms with Crippen LogP contribution in [0.4, 0.5) is 4.39 Å². The van der Waals surface area contributed by atoms with Gasteiger partial charge in [0.05, 0.1) is 23.7 Å². The van der Waals surface area contributed by atoms with Gasteiger partial charge in [-0.05, 0) is 29.8 Å². The first-order valence-electron chi connectivity index (χ1n) is 11.6. The van der Waals surface area contributed by atoms with Crippen LogP contribution in [0.3, 0.4) is 0 Å². The molecular weight excluding hydrogens is 497 g/mol. The Morgan fingerprint density at radius 1 is 1.00 bits per heavy atom. The van der Waals surface area contributed by atoms with Gasteiger partial charge in [-0.2, -0.15) is 5.10 Å². The maximum atomic E-state index is 14.8. The van der Waals surface area contributed by atoms with E-state index in [1.165, 1.54) is 6.07 Å². The second kappa shape index (κ2) is 9.99.